The molecule has 7 heteroatoms. The van der Waals surface area contributed by atoms with Gasteiger partial charge in [-0.25, -0.2) is 9.18 Å². The molecule has 0 aliphatic carbocycles. The van der Waals surface area contributed by atoms with E-state index >= 15 is 0 Å². The lowest BCUT2D eigenvalue weighted by Gasteiger charge is -2.40. The summed E-state index contributed by atoms with van der Waals surface area (Å²) in [4.78, 5) is 31.2. The molecule has 2 saturated heterocycles. The van der Waals surface area contributed by atoms with Crippen molar-refractivity contribution in [1.82, 2.24) is 14.7 Å². The van der Waals surface area contributed by atoms with Crippen LogP contribution in [0.5, 0.6) is 0 Å². The number of carbonyl (C=O) groups is 2. The molecule has 1 spiro atoms. The lowest BCUT2D eigenvalue weighted by atomic mass is 9.86. The Morgan fingerprint density at radius 3 is 2.40 bits per heavy atom. The van der Waals surface area contributed by atoms with E-state index in [0.29, 0.717) is 56.0 Å². The molecule has 2 aromatic rings. The Kier molecular flexibility index (Phi) is 5.80. The Labute approximate surface area is 181 Å². The highest BCUT2D eigenvalue weighted by molar-refractivity contribution is 6.31. The average molecular weight is 430 g/mol. The van der Waals surface area contributed by atoms with Crippen molar-refractivity contribution in [2.24, 2.45) is 0 Å². The van der Waals surface area contributed by atoms with Crippen LogP contribution in [0.4, 0.5) is 9.18 Å². The summed E-state index contributed by atoms with van der Waals surface area (Å²) >= 11 is 6.16. The Hall–Kier alpha value is -2.44. The van der Waals surface area contributed by atoms with Crippen molar-refractivity contribution in [2.45, 2.75) is 31.3 Å². The molecule has 158 valence electrons. The zero-order valence-electron chi connectivity index (χ0n) is 17.0. The quantitative estimate of drug-likeness (QED) is 0.676. The normalized spacial score (nSPS) is 19.2. The van der Waals surface area contributed by atoms with Gasteiger partial charge in [0.25, 0.3) is 5.91 Å². The van der Waals surface area contributed by atoms with Gasteiger partial charge in [0.2, 0.25) is 0 Å². The van der Waals surface area contributed by atoms with Gasteiger partial charge in [-0.15, -0.1) is 0 Å². The minimum Gasteiger partial charge on any atom is -0.312 e. The second-order valence-electron chi connectivity index (χ2n) is 8.04. The molecule has 2 aliphatic rings. The predicted octanol–water partition coefficient (Wildman–Crippen LogP) is 3.95. The zero-order valence-corrected chi connectivity index (χ0v) is 17.7. The number of likely N-dealkylation sites (N-methyl/N-ethyl adjacent to an activating group) is 1. The van der Waals surface area contributed by atoms with Gasteiger partial charge in [-0.1, -0.05) is 48.0 Å². The number of hydrogen-bond donors (Lipinski definition) is 0. The Bertz CT molecular complexity index is 924. The van der Waals surface area contributed by atoms with Crippen molar-refractivity contribution < 1.29 is 14.0 Å². The van der Waals surface area contributed by atoms with Crippen LogP contribution in [0.2, 0.25) is 5.02 Å². The number of piperidine rings is 1. The number of imide groups is 1. The van der Waals surface area contributed by atoms with Crippen LogP contribution in [0.1, 0.15) is 24.0 Å². The molecule has 3 amide bonds. The van der Waals surface area contributed by atoms with Crippen LogP contribution in [0.3, 0.4) is 0 Å². The van der Waals surface area contributed by atoms with Gasteiger partial charge in [0.15, 0.2) is 0 Å². The van der Waals surface area contributed by atoms with Gasteiger partial charge in [-0.3, -0.25) is 14.6 Å². The molecule has 0 saturated carbocycles. The van der Waals surface area contributed by atoms with E-state index in [9.17, 15) is 14.0 Å². The van der Waals surface area contributed by atoms with Gasteiger partial charge in [-0.2, -0.15) is 0 Å². The lowest BCUT2D eigenvalue weighted by Crippen LogP contribution is -2.55. The highest BCUT2D eigenvalue weighted by atomic mass is 35.5. The number of likely N-dealkylation sites (tertiary alicyclic amines) is 1. The Morgan fingerprint density at radius 1 is 1.03 bits per heavy atom. The second kappa shape index (κ2) is 8.36. The highest BCUT2D eigenvalue weighted by Gasteiger charge is 2.56. The molecule has 0 atom stereocenters. The molecule has 4 rings (SSSR count). The third kappa shape index (κ3) is 3.70. The fourth-order valence-corrected chi connectivity index (χ4v) is 4.69. The van der Waals surface area contributed by atoms with Gasteiger partial charge in [-0.05, 0) is 37.0 Å². The predicted molar refractivity (Wildman–Crippen MR) is 114 cm³/mol. The molecule has 2 aromatic carbocycles. The smallest absolute Gasteiger partial charge is 0.312 e. The van der Waals surface area contributed by atoms with E-state index in [0.717, 1.165) is 5.56 Å². The number of benzene rings is 2. The summed E-state index contributed by atoms with van der Waals surface area (Å²) in [5, 5.41) is 0.409. The highest BCUT2D eigenvalue weighted by Crippen LogP contribution is 2.37. The maximum atomic E-state index is 14.1. The van der Waals surface area contributed by atoms with Crippen molar-refractivity contribution in [2.75, 3.05) is 26.7 Å². The van der Waals surface area contributed by atoms with Crippen LogP contribution < -0.4 is 0 Å². The fourth-order valence-electron chi connectivity index (χ4n) is 4.47. The van der Waals surface area contributed by atoms with E-state index in [1.807, 2.05) is 30.3 Å². The summed E-state index contributed by atoms with van der Waals surface area (Å²) in [6, 6.07) is 14.3. The maximum absolute atomic E-state index is 14.1. The largest absolute Gasteiger partial charge is 0.327 e. The molecule has 2 aliphatic heterocycles. The fraction of sp³-hybridized carbons (Fsp3) is 0.391. The van der Waals surface area contributed by atoms with Crippen molar-refractivity contribution in [3.8, 4) is 0 Å². The summed E-state index contributed by atoms with van der Waals surface area (Å²) in [5.41, 5.74) is 0.767. The van der Waals surface area contributed by atoms with Crippen LogP contribution in [-0.4, -0.2) is 58.9 Å². The first-order valence-corrected chi connectivity index (χ1v) is 10.6. The number of nitrogens with zero attached hydrogens (tertiary/aromatic N) is 3. The SMILES string of the molecule is CN1C(=O)N(CCc2ccccc2)C(=O)C12CCN(Cc1c(F)cccc1Cl)CC2. The maximum Gasteiger partial charge on any atom is 0.327 e. The molecule has 0 aromatic heterocycles. The van der Waals surface area contributed by atoms with Crippen molar-refractivity contribution >= 4 is 23.5 Å². The summed E-state index contributed by atoms with van der Waals surface area (Å²) < 4.78 is 14.1. The first-order valence-electron chi connectivity index (χ1n) is 10.2. The first kappa shape index (κ1) is 20.8. The van der Waals surface area contributed by atoms with Crippen molar-refractivity contribution in [3.63, 3.8) is 0 Å². The number of urea groups is 1. The summed E-state index contributed by atoms with van der Waals surface area (Å²) in [6.07, 6.45) is 1.70. The number of carbonyl (C=O) groups excluding carboxylic acids is 2. The van der Waals surface area contributed by atoms with E-state index in [4.69, 9.17) is 11.6 Å². The van der Waals surface area contributed by atoms with Crippen molar-refractivity contribution in [1.29, 1.82) is 0 Å². The zero-order chi connectivity index (χ0) is 21.3. The Balaban J connectivity index is 1.42. The minimum absolute atomic E-state index is 0.116. The van der Waals surface area contributed by atoms with Crippen LogP contribution in [0, 0.1) is 5.82 Å². The van der Waals surface area contributed by atoms with Crippen molar-refractivity contribution in [3.05, 3.63) is 70.5 Å². The van der Waals surface area contributed by atoms with E-state index in [1.165, 1.54) is 11.0 Å². The topological polar surface area (TPSA) is 43.9 Å². The van der Waals surface area contributed by atoms with Crippen LogP contribution in [0.15, 0.2) is 48.5 Å². The van der Waals surface area contributed by atoms with Crippen LogP contribution >= 0.6 is 11.6 Å². The third-order valence-electron chi connectivity index (χ3n) is 6.40. The summed E-state index contributed by atoms with van der Waals surface area (Å²) in [6.45, 7) is 1.97. The summed E-state index contributed by atoms with van der Waals surface area (Å²) in [5.74, 6) is -0.436. The van der Waals surface area contributed by atoms with E-state index in [1.54, 1.807) is 24.1 Å². The molecular weight excluding hydrogens is 405 g/mol. The number of amides is 3. The molecule has 2 heterocycles. The molecule has 0 N–H and O–H groups in total. The van der Waals surface area contributed by atoms with E-state index < -0.39 is 5.54 Å². The van der Waals surface area contributed by atoms with Crippen LogP contribution in [0.25, 0.3) is 0 Å². The second-order valence-corrected chi connectivity index (χ2v) is 8.45. The molecular formula is C23H25ClFN3O2. The minimum atomic E-state index is -0.802. The van der Waals surface area contributed by atoms with E-state index in [-0.39, 0.29) is 17.8 Å². The van der Waals surface area contributed by atoms with Gasteiger partial charge in [0.05, 0.1) is 0 Å². The monoisotopic (exact) mass is 429 g/mol. The van der Waals surface area contributed by atoms with E-state index in [2.05, 4.69) is 4.90 Å². The lowest BCUT2D eigenvalue weighted by molar-refractivity contribution is -0.135. The molecule has 5 nitrogen and oxygen atoms in total. The standard InChI is InChI=1S/C23H25ClFN3O2/c1-26-22(30)28(13-10-17-6-3-2-4-7-17)21(29)23(26)11-14-27(15-12-23)16-18-19(24)8-5-9-20(18)25/h2-9H,10-16H2,1H3. The van der Waals surface area contributed by atoms with Gasteiger partial charge >= 0.3 is 6.03 Å². The van der Waals surface area contributed by atoms with Crippen LogP contribution in [-0.2, 0) is 17.8 Å². The first-order chi connectivity index (χ1) is 14.4. The van der Waals surface area contributed by atoms with Gasteiger partial charge in [0, 0.05) is 43.8 Å². The van der Waals surface area contributed by atoms with Gasteiger partial charge < -0.3 is 4.90 Å². The molecule has 2 fully saturated rings. The number of hydrogen-bond acceptors (Lipinski definition) is 3. The molecule has 0 bridgehead atoms. The molecule has 30 heavy (non-hydrogen) atoms. The Morgan fingerprint density at radius 2 is 1.73 bits per heavy atom. The molecule has 0 radical (unpaired) electrons. The average Bonchev–Trinajstić information content (AvgIpc) is 2.92. The number of rotatable bonds is 5. The third-order valence-corrected chi connectivity index (χ3v) is 6.75. The summed E-state index contributed by atoms with van der Waals surface area (Å²) in [7, 11) is 1.71. The number of halogens is 2. The molecule has 0 unspecified atom stereocenters. The van der Waals surface area contributed by atoms with Gasteiger partial charge in [0.1, 0.15) is 11.4 Å².